The molecule has 108 valence electrons. The first-order valence-electron chi connectivity index (χ1n) is 5.84. The molecule has 0 aromatic rings. The zero-order valence-corrected chi connectivity index (χ0v) is 11.4. The number of unbranched alkanes of at least 4 members (excludes halogenated alkanes) is 1. The Labute approximate surface area is 111 Å². The second-order valence-electron chi connectivity index (χ2n) is 3.50. The van der Waals surface area contributed by atoms with Gasteiger partial charge in [0.15, 0.2) is 0 Å². The summed E-state index contributed by atoms with van der Waals surface area (Å²) in [4.78, 5) is 33.7. The highest BCUT2D eigenvalue weighted by Gasteiger charge is 2.14. The average Bonchev–Trinajstić information content (AvgIpc) is 2.42. The molecule has 0 heterocycles. The fraction of sp³-hybridized carbons (Fsp3) is 0.583. The van der Waals surface area contributed by atoms with Gasteiger partial charge in [-0.1, -0.05) is 13.3 Å². The second kappa shape index (κ2) is 9.93. The van der Waals surface area contributed by atoms with Gasteiger partial charge in [0.1, 0.15) is 5.70 Å². The Morgan fingerprint density at radius 3 is 2.37 bits per heavy atom. The fourth-order valence-corrected chi connectivity index (χ4v) is 1.02. The van der Waals surface area contributed by atoms with E-state index in [1.54, 1.807) is 0 Å². The number of ether oxygens (including phenoxy) is 3. The van der Waals surface area contributed by atoms with E-state index < -0.39 is 18.0 Å². The number of carbonyl (C=O) groups is 3. The highest BCUT2D eigenvalue weighted by molar-refractivity contribution is 5.92. The number of carbonyl (C=O) groups excluding carboxylic acids is 3. The Bertz CT molecular complexity index is 350. The van der Waals surface area contributed by atoms with E-state index in [1.807, 2.05) is 6.92 Å². The van der Waals surface area contributed by atoms with Crippen LogP contribution in [0.5, 0.6) is 0 Å². The molecule has 0 radical (unpaired) electrons. The van der Waals surface area contributed by atoms with Crippen LogP contribution in [-0.4, -0.2) is 38.9 Å². The van der Waals surface area contributed by atoms with Crippen LogP contribution in [0.2, 0.25) is 0 Å². The minimum absolute atomic E-state index is 0.157. The molecule has 7 heteroatoms. The number of methoxy groups -OCH3 is 2. The van der Waals surface area contributed by atoms with Crippen LogP contribution in [0.25, 0.3) is 0 Å². The topological polar surface area (TPSA) is 90.9 Å². The van der Waals surface area contributed by atoms with Crippen molar-refractivity contribution in [2.24, 2.45) is 0 Å². The van der Waals surface area contributed by atoms with Gasteiger partial charge in [0.25, 0.3) is 0 Å². The Morgan fingerprint density at radius 1 is 1.16 bits per heavy atom. The first-order chi connectivity index (χ1) is 9.04. The quantitative estimate of drug-likeness (QED) is 0.323. The molecule has 0 aromatic carbocycles. The maximum Gasteiger partial charge on any atom is 0.411 e. The number of hydrogen-bond acceptors (Lipinski definition) is 6. The lowest BCUT2D eigenvalue weighted by Gasteiger charge is -2.08. The van der Waals surface area contributed by atoms with Crippen molar-refractivity contribution in [3.05, 3.63) is 11.8 Å². The third-order valence-corrected chi connectivity index (χ3v) is 2.07. The molecular weight excluding hydrogens is 254 g/mol. The fourth-order valence-electron chi connectivity index (χ4n) is 1.02. The summed E-state index contributed by atoms with van der Waals surface area (Å²) >= 11 is 0. The van der Waals surface area contributed by atoms with E-state index in [2.05, 4.69) is 14.8 Å². The molecule has 0 fully saturated rings. The Hall–Kier alpha value is -2.05. The zero-order chi connectivity index (χ0) is 14.7. The zero-order valence-electron chi connectivity index (χ0n) is 11.4. The second-order valence-corrected chi connectivity index (χ2v) is 3.50. The van der Waals surface area contributed by atoms with E-state index in [0.29, 0.717) is 0 Å². The molecule has 1 amide bonds. The molecule has 0 rings (SSSR count). The summed E-state index contributed by atoms with van der Waals surface area (Å²) in [6.07, 6.45) is 1.90. The highest BCUT2D eigenvalue weighted by Crippen LogP contribution is 1.99. The number of hydrogen-bond donors (Lipinski definition) is 1. The van der Waals surface area contributed by atoms with Gasteiger partial charge >= 0.3 is 18.0 Å². The summed E-state index contributed by atoms with van der Waals surface area (Å²) in [6.45, 7) is 2.21. The third-order valence-electron chi connectivity index (χ3n) is 2.07. The van der Waals surface area contributed by atoms with Crippen LogP contribution in [0.3, 0.4) is 0 Å². The Kier molecular flexibility index (Phi) is 8.86. The molecule has 0 spiro atoms. The van der Waals surface area contributed by atoms with Crippen molar-refractivity contribution < 1.29 is 28.6 Å². The molecule has 0 saturated carbocycles. The van der Waals surface area contributed by atoms with Gasteiger partial charge in [0.2, 0.25) is 0 Å². The molecule has 0 aliphatic rings. The Balaban J connectivity index is 4.47. The normalized spacial score (nSPS) is 10.6. The molecule has 0 aliphatic carbocycles. The smallest absolute Gasteiger partial charge is 0.411 e. The van der Waals surface area contributed by atoms with Crippen molar-refractivity contribution in [3.8, 4) is 0 Å². The monoisotopic (exact) mass is 273 g/mol. The minimum Gasteiger partial charge on any atom is -0.469 e. The van der Waals surface area contributed by atoms with E-state index in [4.69, 9.17) is 4.74 Å². The standard InChI is InChI=1S/C12H19NO6/c1-4-5-8-19-12(16)13-9(11(15)18-3)6-7-10(14)17-2/h6H,4-5,7-8H2,1-3H3,(H,13,16)/b9-6+. The first-order valence-corrected chi connectivity index (χ1v) is 5.84. The molecule has 0 aliphatic heterocycles. The predicted molar refractivity (Wildman–Crippen MR) is 66.1 cm³/mol. The van der Waals surface area contributed by atoms with E-state index in [0.717, 1.165) is 12.8 Å². The van der Waals surface area contributed by atoms with Crippen molar-refractivity contribution in [2.45, 2.75) is 26.2 Å². The molecular formula is C12H19NO6. The molecule has 1 N–H and O–H groups in total. The van der Waals surface area contributed by atoms with Crippen molar-refractivity contribution in [1.29, 1.82) is 0 Å². The molecule has 0 bridgehead atoms. The van der Waals surface area contributed by atoms with Crippen molar-refractivity contribution in [3.63, 3.8) is 0 Å². The van der Waals surface area contributed by atoms with Crippen LogP contribution in [-0.2, 0) is 23.8 Å². The number of rotatable bonds is 7. The summed E-state index contributed by atoms with van der Waals surface area (Å²) in [7, 11) is 2.39. The van der Waals surface area contributed by atoms with Crippen LogP contribution in [0.4, 0.5) is 4.79 Å². The summed E-state index contributed by atoms with van der Waals surface area (Å²) in [5, 5.41) is 2.22. The minimum atomic E-state index is -0.769. The van der Waals surface area contributed by atoms with Crippen LogP contribution < -0.4 is 5.32 Å². The summed E-state index contributed by atoms with van der Waals surface area (Å²) in [6, 6.07) is 0. The molecule has 0 saturated heterocycles. The number of amides is 1. The molecule has 19 heavy (non-hydrogen) atoms. The summed E-state index contributed by atoms with van der Waals surface area (Å²) < 4.78 is 13.7. The van der Waals surface area contributed by atoms with Crippen LogP contribution in [0, 0.1) is 0 Å². The van der Waals surface area contributed by atoms with Crippen LogP contribution in [0.1, 0.15) is 26.2 Å². The van der Waals surface area contributed by atoms with Crippen molar-refractivity contribution >= 4 is 18.0 Å². The van der Waals surface area contributed by atoms with Gasteiger partial charge in [-0.2, -0.15) is 0 Å². The number of nitrogens with one attached hydrogen (secondary N) is 1. The lowest BCUT2D eigenvalue weighted by molar-refractivity contribution is -0.139. The predicted octanol–water partition coefficient (Wildman–Crippen LogP) is 1.13. The summed E-state index contributed by atoms with van der Waals surface area (Å²) in [5.74, 6) is -1.31. The largest absolute Gasteiger partial charge is 0.469 e. The molecule has 0 unspecified atom stereocenters. The molecule has 7 nitrogen and oxygen atoms in total. The van der Waals surface area contributed by atoms with Crippen LogP contribution in [0.15, 0.2) is 11.8 Å². The summed E-state index contributed by atoms with van der Waals surface area (Å²) in [5.41, 5.74) is -0.158. The Morgan fingerprint density at radius 2 is 1.84 bits per heavy atom. The molecule has 0 atom stereocenters. The van der Waals surface area contributed by atoms with Gasteiger partial charge in [0, 0.05) is 0 Å². The maximum atomic E-state index is 11.4. The van der Waals surface area contributed by atoms with E-state index >= 15 is 0 Å². The maximum absolute atomic E-state index is 11.4. The molecule has 0 aromatic heterocycles. The SMILES string of the molecule is CCCCOC(=O)N/C(=C/CC(=O)OC)C(=O)OC. The van der Waals surface area contributed by atoms with Gasteiger partial charge in [0.05, 0.1) is 27.2 Å². The van der Waals surface area contributed by atoms with Crippen molar-refractivity contribution in [2.75, 3.05) is 20.8 Å². The van der Waals surface area contributed by atoms with Gasteiger partial charge in [-0.15, -0.1) is 0 Å². The van der Waals surface area contributed by atoms with Gasteiger partial charge in [-0.3, -0.25) is 10.1 Å². The van der Waals surface area contributed by atoms with Gasteiger partial charge < -0.3 is 14.2 Å². The van der Waals surface area contributed by atoms with E-state index in [9.17, 15) is 14.4 Å². The highest BCUT2D eigenvalue weighted by atomic mass is 16.6. The first kappa shape index (κ1) is 16.9. The van der Waals surface area contributed by atoms with Crippen molar-refractivity contribution in [1.82, 2.24) is 5.32 Å². The van der Waals surface area contributed by atoms with Gasteiger partial charge in [-0.05, 0) is 12.5 Å². The lowest BCUT2D eigenvalue weighted by atomic mass is 10.3. The van der Waals surface area contributed by atoms with Gasteiger partial charge in [-0.25, -0.2) is 9.59 Å². The third kappa shape index (κ3) is 7.80. The lowest BCUT2D eigenvalue weighted by Crippen LogP contribution is -2.29. The average molecular weight is 273 g/mol. The number of esters is 2. The number of alkyl carbamates (subject to hydrolysis) is 1. The van der Waals surface area contributed by atoms with Crippen LogP contribution >= 0.6 is 0 Å². The van der Waals surface area contributed by atoms with E-state index in [-0.39, 0.29) is 18.7 Å². The van der Waals surface area contributed by atoms with E-state index in [1.165, 1.54) is 20.3 Å².